The summed E-state index contributed by atoms with van der Waals surface area (Å²) in [5.41, 5.74) is 16.4. The molecule has 0 aliphatic carbocycles. The molecule has 0 aliphatic heterocycles. The van der Waals surface area contributed by atoms with Crippen LogP contribution < -0.4 is 16.4 Å². The second kappa shape index (κ2) is 10.4. The van der Waals surface area contributed by atoms with Crippen LogP contribution in [0, 0.1) is 41.5 Å². The molecule has 0 atom stereocenters. The van der Waals surface area contributed by atoms with Crippen molar-refractivity contribution in [2.45, 2.75) is 54.9 Å². The lowest BCUT2D eigenvalue weighted by Crippen LogP contribution is -2.56. The molecule has 0 aromatic heterocycles. The molecule has 7 aromatic carbocycles. The Hall–Kier alpha value is -4.36. The molecule has 43 heavy (non-hydrogen) atoms. The molecular formula is C42H39B. The van der Waals surface area contributed by atoms with E-state index in [1.807, 2.05) is 0 Å². The van der Waals surface area contributed by atoms with Gasteiger partial charge in [-0.3, -0.25) is 0 Å². The molecule has 0 aliphatic rings. The van der Waals surface area contributed by atoms with Crippen molar-refractivity contribution >= 4 is 55.4 Å². The maximum atomic E-state index is 2.50. The highest BCUT2D eigenvalue weighted by molar-refractivity contribution is 6.98. The number of rotatable bonds is 5. The first-order chi connectivity index (χ1) is 20.8. The lowest BCUT2D eigenvalue weighted by Gasteiger charge is -2.27. The van der Waals surface area contributed by atoms with Crippen molar-refractivity contribution in [3.05, 3.63) is 136 Å². The van der Waals surface area contributed by atoms with E-state index in [0.29, 0.717) is 0 Å². The normalized spacial score (nSPS) is 11.7. The Kier molecular flexibility index (Phi) is 6.66. The van der Waals surface area contributed by atoms with Gasteiger partial charge in [-0.25, -0.2) is 0 Å². The Balaban J connectivity index is 1.66. The zero-order chi connectivity index (χ0) is 30.0. The van der Waals surface area contributed by atoms with E-state index in [1.165, 1.54) is 98.8 Å². The fraction of sp³-hybridized carbons (Fsp3) is 0.190. The average molecular weight is 555 g/mol. The van der Waals surface area contributed by atoms with E-state index in [9.17, 15) is 0 Å². The highest BCUT2D eigenvalue weighted by atomic mass is 14.2. The Morgan fingerprint density at radius 2 is 1.07 bits per heavy atom. The first-order valence-corrected chi connectivity index (χ1v) is 15.7. The van der Waals surface area contributed by atoms with Gasteiger partial charge in [0, 0.05) is 0 Å². The summed E-state index contributed by atoms with van der Waals surface area (Å²) >= 11 is 0. The molecule has 0 radical (unpaired) electrons. The highest BCUT2D eigenvalue weighted by Gasteiger charge is 2.31. The van der Waals surface area contributed by atoms with E-state index in [0.717, 1.165) is 6.42 Å². The van der Waals surface area contributed by atoms with Crippen LogP contribution in [-0.2, 0) is 6.42 Å². The summed E-state index contributed by atoms with van der Waals surface area (Å²) < 4.78 is 0. The lowest BCUT2D eigenvalue weighted by atomic mass is 9.33. The maximum absolute atomic E-state index is 2.50. The smallest absolute Gasteiger partial charge is 0.0629 e. The van der Waals surface area contributed by atoms with Gasteiger partial charge in [-0.05, 0) is 109 Å². The van der Waals surface area contributed by atoms with E-state index in [2.05, 4.69) is 146 Å². The van der Waals surface area contributed by atoms with Gasteiger partial charge in [0.15, 0.2) is 0 Å². The second-order valence-corrected chi connectivity index (χ2v) is 12.7. The molecule has 0 unspecified atom stereocenters. The monoisotopic (exact) mass is 554 g/mol. The summed E-state index contributed by atoms with van der Waals surface area (Å²) in [6.45, 7) is 16.1. The number of hydrogen-bond donors (Lipinski definition) is 0. The molecule has 0 spiro atoms. The molecule has 7 aromatic rings. The zero-order valence-corrected chi connectivity index (χ0v) is 26.5. The molecule has 0 fully saturated rings. The van der Waals surface area contributed by atoms with Gasteiger partial charge >= 0.3 is 0 Å². The van der Waals surface area contributed by atoms with Crippen molar-refractivity contribution in [1.82, 2.24) is 0 Å². The first-order valence-electron chi connectivity index (χ1n) is 15.7. The van der Waals surface area contributed by atoms with Crippen molar-refractivity contribution in [3.63, 3.8) is 0 Å². The molecule has 7 rings (SSSR count). The lowest BCUT2D eigenvalue weighted by molar-refractivity contribution is 1.16. The summed E-state index contributed by atoms with van der Waals surface area (Å²) in [6, 6.07) is 36.9. The van der Waals surface area contributed by atoms with E-state index in [4.69, 9.17) is 0 Å². The van der Waals surface area contributed by atoms with Crippen molar-refractivity contribution in [3.8, 4) is 11.1 Å². The molecule has 0 N–H and O–H groups in total. The standard InChI is InChI=1S/C42H39B/c1-8-31-24-37(32-15-10-9-11-16-32)35-19-17-33-28(5)23-38(36-20-18-34(31)40(35)39(33)36)43(41-26(3)13-12-14-27(41)4)42-29(6)21-25(2)22-30(42)7/h9-24H,8H2,1-7H3. The molecule has 0 amide bonds. The minimum atomic E-state index is 0.143. The molecule has 0 heterocycles. The van der Waals surface area contributed by atoms with E-state index in [1.54, 1.807) is 0 Å². The molecule has 0 bridgehead atoms. The topological polar surface area (TPSA) is 0 Å². The Bertz CT molecular complexity index is 2120. The maximum Gasteiger partial charge on any atom is 0.243 e. The fourth-order valence-electron chi connectivity index (χ4n) is 8.05. The number of aryl methyl sites for hydroxylation is 7. The van der Waals surface area contributed by atoms with Crippen LogP contribution in [0.15, 0.2) is 97.1 Å². The molecule has 0 saturated heterocycles. The third-order valence-electron chi connectivity index (χ3n) is 9.86. The van der Waals surface area contributed by atoms with Crippen molar-refractivity contribution < 1.29 is 0 Å². The van der Waals surface area contributed by atoms with Crippen molar-refractivity contribution in [2.24, 2.45) is 0 Å². The molecular weight excluding hydrogens is 515 g/mol. The van der Waals surface area contributed by atoms with Crippen LogP contribution in [-0.4, -0.2) is 6.71 Å². The van der Waals surface area contributed by atoms with E-state index < -0.39 is 0 Å². The van der Waals surface area contributed by atoms with Gasteiger partial charge in [-0.15, -0.1) is 0 Å². The summed E-state index contributed by atoms with van der Waals surface area (Å²) in [4.78, 5) is 0. The van der Waals surface area contributed by atoms with Crippen LogP contribution in [0.4, 0.5) is 0 Å². The van der Waals surface area contributed by atoms with Crippen LogP contribution in [0.2, 0.25) is 0 Å². The largest absolute Gasteiger partial charge is 0.243 e. The molecule has 210 valence electrons. The molecule has 1 heteroatoms. The predicted octanol–water partition coefficient (Wildman–Crippen LogP) is 9.18. The van der Waals surface area contributed by atoms with Crippen LogP contribution >= 0.6 is 0 Å². The van der Waals surface area contributed by atoms with Crippen LogP contribution in [0.1, 0.15) is 45.9 Å². The van der Waals surface area contributed by atoms with Crippen molar-refractivity contribution in [1.29, 1.82) is 0 Å². The zero-order valence-electron chi connectivity index (χ0n) is 26.5. The number of benzene rings is 7. The second-order valence-electron chi connectivity index (χ2n) is 12.7. The molecule has 0 nitrogen and oxygen atoms in total. The molecule has 0 saturated carbocycles. The minimum absolute atomic E-state index is 0.143. The minimum Gasteiger partial charge on any atom is -0.0629 e. The Morgan fingerprint density at radius 3 is 1.74 bits per heavy atom. The van der Waals surface area contributed by atoms with Gasteiger partial charge in [0.05, 0.1) is 0 Å². The Morgan fingerprint density at radius 1 is 0.488 bits per heavy atom. The number of hydrogen-bond acceptors (Lipinski definition) is 0. The first kappa shape index (κ1) is 27.5. The van der Waals surface area contributed by atoms with Crippen LogP contribution in [0.25, 0.3) is 43.4 Å². The SMILES string of the molecule is CCc1cc(-c2ccccc2)c2ccc3c(C)cc(B(c4c(C)cccc4C)c4c(C)cc(C)cc4C)c4ccc1c2c34. The highest BCUT2D eigenvalue weighted by Crippen LogP contribution is 2.41. The summed E-state index contributed by atoms with van der Waals surface area (Å²) in [6.07, 6.45) is 1.01. The summed E-state index contributed by atoms with van der Waals surface area (Å²) in [7, 11) is 0. The fourth-order valence-corrected chi connectivity index (χ4v) is 8.05. The van der Waals surface area contributed by atoms with Gasteiger partial charge in [0.1, 0.15) is 0 Å². The van der Waals surface area contributed by atoms with E-state index >= 15 is 0 Å². The van der Waals surface area contributed by atoms with Crippen LogP contribution in [0.5, 0.6) is 0 Å². The van der Waals surface area contributed by atoms with Gasteiger partial charge in [0.25, 0.3) is 0 Å². The third-order valence-corrected chi connectivity index (χ3v) is 9.86. The van der Waals surface area contributed by atoms with Gasteiger partial charge < -0.3 is 0 Å². The summed E-state index contributed by atoms with van der Waals surface area (Å²) in [5.74, 6) is 0. The Labute approximate surface area is 256 Å². The van der Waals surface area contributed by atoms with Gasteiger partial charge in [-0.2, -0.15) is 0 Å². The average Bonchev–Trinajstić information content (AvgIpc) is 2.99. The van der Waals surface area contributed by atoms with Gasteiger partial charge in [-0.1, -0.05) is 142 Å². The predicted molar refractivity (Wildman–Crippen MR) is 191 cm³/mol. The van der Waals surface area contributed by atoms with Gasteiger partial charge in [0.2, 0.25) is 6.71 Å². The van der Waals surface area contributed by atoms with E-state index in [-0.39, 0.29) is 6.71 Å². The quantitative estimate of drug-likeness (QED) is 0.147. The van der Waals surface area contributed by atoms with Crippen molar-refractivity contribution in [2.75, 3.05) is 0 Å². The van der Waals surface area contributed by atoms with Crippen LogP contribution in [0.3, 0.4) is 0 Å². The third kappa shape index (κ3) is 4.29. The summed E-state index contributed by atoms with van der Waals surface area (Å²) in [5, 5.41) is 8.30.